The molecule has 0 atom stereocenters. The van der Waals surface area contributed by atoms with Gasteiger partial charge in [0, 0.05) is 24.8 Å². The molecule has 0 spiro atoms. The van der Waals surface area contributed by atoms with Crippen molar-refractivity contribution in [3.05, 3.63) is 30.1 Å². The highest BCUT2D eigenvalue weighted by Crippen LogP contribution is 2.41. The fraction of sp³-hybridized carbons (Fsp3) is 0.154. The summed E-state index contributed by atoms with van der Waals surface area (Å²) in [5.41, 5.74) is 2.62. The predicted octanol–water partition coefficient (Wildman–Crippen LogP) is 2.37. The van der Waals surface area contributed by atoms with Crippen molar-refractivity contribution in [2.75, 3.05) is 19.1 Å². The molecule has 2 aromatic rings. The lowest BCUT2D eigenvalue weighted by atomic mass is 10.0. The molecule has 0 amide bonds. The number of phenols is 1. The molecule has 0 saturated carbocycles. The third-order valence-electron chi connectivity index (χ3n) is 3.04. The summed E-state index contributed by atoms with van der Waals surface area (Å²) in [6.45, 7) is 0. The Morgan fingerprint density at radius 2 is 2.24 bits per heavy atom. The third kappa shape index (κ3) is 1.27. The number of phenolic OH excluding ortho intramolecular Hbond substituents is 1. The third-order valence-corrected chi connectivity index (χ3v) is 3.04. The van der Waals surface area contributed by atoms with Gasteiger partial charge in [0.05, 0.1) is 12.8 Å². The predicted molar refractivity (Wildman–Crippen MR) is 67.4 cm³/mol. The molecule has 0 bridgehead atoms. The Bertz CT molecular complexity index is 635. The molecule has 0 fully saturated rings. The van der Waals surface area contributed by atoms with Gasteiger partial charge >= 0.3 is 0 Å². The van der Waals surface area contributed by atoms with E-state index in [1.165, 1.54) is 7.11 Å². The smallest absolute Gasteiger partial charge is 0.184 e. The van der Waals surface area contributed by atoms with Crippen molar-refractivity contribution in [1.29, 1.82) is 0 Å². The number of aromatic hydroxyl groups is 1. The van der Waals surface area contributed by atoms with Crippen molar-refractivity contribution >= 4 is 22.7 Å². The zero-order chi connectivity index (χ0) is 12.0. The highest BCUT2D eigenvalue weighted by atomic mass is 16.5. The van der Waals surface area contributed by atoms with Crippen LogP contribution in [0.1, 0.15) is 5.56 Å². The summed E-state index contributed by atoms with van der Waals surface area (Å²) in [7, 11) is 3.51. The Balaban J connectivity index is 2.48. The average Bonchev–Trinajstić information content (AvgIpc) is 2.36. The summed E-state index contributed by atoms with van der Waals surface area (Å²) in [5.74, 6) is 0.545. The van der Waals surface area contributed by atoms with Crippen molar-refractivity contribution in [3.63, 3.8) is 0 Å². The Hall–Kier alpha value is -2.23. The van der Waals surface area contributed by atoms with Crippen LogP contribution in [-0.2, 0) is 0 Å². The Labute approximate surface area is 98.8 Å². The van der Waals surface area contributed by atoms with E-state index in [2.05, 4.69) is 4.98 Å². The van der Waals surface area contributed by atoms with Crippen molar-refractivity contribution < 1.29 is 9.84 Å². The summed E-state index contributed by atoms with van der Waals surface area (Å²) < 4.78 is 5.15. The van der Waals surface area contributed by atoms with Gasteiger partial charge < -0.3 is 14.7 Å². The number of methoxy groups -OCH3 is 1. The molecule has 4 nitrogen and oxygen atoms in total. The van der Waals surface area contributed by atoms with Crippen LogP contribution in [0.25, 0.3) is 17.0 Å². The SMILES string of the molecule is COc1cc2c3c(ccnc3c1O)N(C)C=C2. The van der Waals surface area contributed by atoms with Crippen LogP contribution in [0.5, 0.6) is 11.5 Å². The van der Waals surface area contributed by atoms with E-state index in [9.17, 15) is 5.11 Å². The fourth-order valence-electron chi connectivity index (χ4n) is 2.17. The second-order valence-electron chi connectivity index (χ2n) is 4.00. The largest absolute Gasteiger partial charge is 0.503 e. The van der Waals surface area contributed by atoms with Crippen molar-refractivity contribution in [3.8, 4) is 11.5 Å². The number of hydrogen-bond donors (Lipinski definition) is 1. The van der Waals surface area contributed by atoms with Crippen LogP contribution in [0.3, 0.4) is 0 Å². The molecule has 4 heteroatoms. The lowest BCUT2D eigenvalue weighted by molar-refractivity contribution is 0.376. The minimum atomic E-state index is 0.0943. The standard InChI is InChI=1S/C13H12N2O2/c1-15-6-4-8-7-10(17-2)13(16)12-11(8)9(15)3-5-14-12/h3-7,16H,1-2H3. The van der Waals surface area contributed by atoms with Gasteiger partial charge in [-0.2, -0.15) is 0 Å². The summed E-state index contributed by atoms with van der Waals surface area (Å²) in [6, 6.07) is 3.76. The van der Waals surface area contributed by atoms with E-state index in [4.69, 9.17) is 4.74 Å². The van der Waals surface area contributed by atoms with Gasteiger partial charge in [0.2, 0.25) is 0 Å². The van der Waals surface area contributed by atoms with E-state index in [1.807, 2.05) is 36.4 Å². The van der Waals surface area contributed by atoms with Crippen LogP contribution in [-0.4, -0.2) is 24.2 Å². The maximum Gasteiger partial charge on any atom is 0.184 e. The van der Waals surface area contributed by atoms with E-state index >= 15 is 0 Å². The molecule has 0 unspecified atom stereocenters. The van der Waals surface area contributed by atoms with E-state index < -0.39 is 0 Å². The minimum Gasteiger partial charge on any atom is -0.503 e. The van der Waals surface area contributed by atoms with Crippen LogP contribution in [0, 0.1) is 0 Å². The maximum atomic E-state index is 10.1. The molecule has 0 saturated heterocycles. The number of ether oxygens (including phenoxy) is 1. The molecular formula is C13H12N2O2. The first-order valence-corrected chi connectivity index (χ1v) is 5.32. The molecule has 3 rings (SSSR count). The number of benzene rings is 1. The average molecular weight is 228 g/mol. The molecule has 1 aromatic heterocycles. The second kappa shape index (κ2) is 3.38. The van der Waals surface area contributed by atoms with E-state index in [0.29, 0.717) is 11.3 Å². The molecule has 1 N–H and O–H groups in total. The van der Waals surface area contributed by atoms with E-state index in [-0.39, 0.29) is 5.75 Å². The van der Waals surface area contributed by atoms with E-state index in [1.54, 1.807) is 6.20 Å². The fourth-order valence-corrected chi connectivity index (χ4v) is 2.17. The Morgan fingerprint density at radius 3 is 3.00 bits per heavy atom. The van der Waals surface area contributed by atoms with Crippen LogP contribution in [0.4, 0.5) is 5.69 Å². The monoisotopic (exact) mass is 228 g/mol. The van der Waals surface area contributed by atoms with Gasteiger partial charge in [-0.15, -0.1) is 0 Å². The summed E-state index contributed by atoms with van der Waals surface area (Å²) in [6.07, 6.45) is 5.66. The van der Waals surface area contributed by atoms with E-state index in [0.717, 1.165) is 16.6 Å². The first kappa shape index (κ1) is 9.96. The summed E-state index contributed by atoms with van der Waals surface area (Å²) >= 11 is 0. The number of rotatable bonds is 1. The number of hydrogen-bond acceptors (Lipinski definition) is 4. The van der Waals surface area contributed by atoms with Crippen LogP contribution < -0.4 is 9.64 Å². The number of aromatic nitrogens is 1. The molecule has 0 aliphatic carbocycles. The quantitative estimate of drug-likeness (QED) is 0.814. The molecule has 1 aliphatic rings. The number of pyridine rings is 1. The van der Waals surface area contributed by atoms with Crippen LogP contribution in [0.15, 0.2) is 24.5 Å². The first-order chi connectivity index (χ1) is 8.22. The molecular weight excluding hydrogens is 216 g/mol. The second-order valence-corrected chi connectivity index (χ2v) is 4.00. The molecule has 0 radical (unpaired) electrons. The van der Waals surface area contributed by atoms with Crippen molar-refractivity contribution in [2.24, 2.45) is 0 Å². The normalized spacial score (nSPS) is 13.2. The van der Waals surface area contributed by atoms with Gasteiger partial charge in [-0.1, -0.05) is 0 Å². The lowest BCUT2D eigenvalue weighted by Crippen LogP contribution is -2.11. The van der Waals surface area contributed by atoms with Gasteiger partial charge in [0.1, 0.15) is 5.52 Å². The summed E-state index contributed by atoms with van der Waals surface area (Å²) in [5, 5.41) is 11.0. The highest BCUT2D eigenvalue weighted by molar-refractivity contribution is 6.04. The lowest BCUT2D eigenvalue weighted by Gasteiger charge is -2.22. The molecule has 17 heavy (non-hydrogen) atoms. The zero-order valence-corrected chi connectivity index (χ0v) is 9.64. The topological polar surface area (TPSA) is 45.6 Å². The minimum absolute atomic E-state index is 0.0943. The van der Waals surface area contributed by atoms with Gasteiger partial charge in [-0.3, -0.25) is 4.98 Å². The van der Waals surface area contributed by atoms with Crippen molar-refractivity contribution in [1.82, 2.24) is 4.98 Å². The van der Waals surface area contributed by atoms with Gasteiger partial charge in [-0.05, 0) is 23.8 Å². The number of anilines is 1. The highest BCUT2D eigenvalue weighted by Gasteiger charge is 2.18. The Morgan fingerprint density at radius 1 is 1.41 bits per heavy atom. The van der Waals surface area contributed by atoms with Crippen LogP contribution in [0.2, 0.25) is 0 Å². The molecule has 1 aliphatic heterocycles. The zero-order valence-electron chi connectivity index (χ0n) is 9.64. The van der Waals surface area contributed by atoms with Gasteiger partial charge in [0.15, 0.2) is 11.5 Å². The van der Waals surface area contributed by atoms with Crippen molar-refractivity contribution in [2.45, 2.75) is 0 Å². The maximum absolute atomic E-state index is 10.1. The van der Waals surface area contributed by atoms with Gasteiger partial charge in [-0.25, -0.2) is 0 Å². The Kier molecular flexibility index (Phi) is 1.98. The molecule has 2 heterocycles. The molecule has 1 aromatic carbocycles. The molecule has 86 valence electrons. The first-order valence-electron chi connectivity index (χ1n) is 5.32. The van der Waals surface area contributed by atoms with Gasteiger partial charge in [0.25, 0.3) is 0 Å². The number of nitrogens with zero attached hydrogens (tertiary/aromatic N) is 2. The van der Waals surface area contributed by atoms with Crippen LogP contribution >= 0.6 is 0 Å². The summed E-state index contributed by atoms with van der Waals surface area (Å²) in [4.78, 5) is 6.24.